The normalized spacial score (nSPS) is 17.7. The molecule has 0 N–H and O–H groups in total. The molecule has 0 spiro atoms. The topological polar surface area (TPSA) is 9.23 Å². The van der Waals surface area contributed by atoms with Crippen LogP contribution in [0.4, 0.5) is 0 Å². The van der Waals surface area contributed by atoms with Gasteiger partial charge in [0.2, 0.25) is 0 Å². The van der Waals surface area contributed by atoms with Crippen molar-refractivity contribution in [3.63, 3.8) is 0 Å². The van der Waals surface area contributed by atoms with Gasteiger partial charge in [0.1, 0.15) is 11.4 Å². The number of fused-ring (bicyclic) bond motifs is 1. The Bertz CT molecular complexity index is 393. The van der Waals surface area contributed by atoms with Crippen molar-refractivity contribution in [3.8, 4) is 5.75 Å². The Balaban J connectivity index is 2.42. The third-order valence-corrected chi connectivity index (χ3v) is 3.15. The van der Waals surface area contributed by atoms with E-state index >= 15 is 0 Å². The molecule has 1 aromatic rings. The Labute approximate surface area is 99.3 Å². The Hall–Kier alpha value is -0.760. The molecule has 0 aliphatic carbocycles. The first-order valence-corrected chi connectivity index (χ1v) is 6.31. The first kappa shape index (κ1) is 10.7. The minimum atomic E-state index is -0.178. The highest BCUT2D eigenvalue weighted by Crippen LogP contribution is 2.36. The summed E-state index contributed by atoms with van der Waals surface area (Å²) in [5.41, 5.74) is 2.35. The number of alkyl halides is 1. The molecule has 1 heterocycles. The van der Waals surface area contributed by atoms with Gasteiger partial charge in [-0.2, -0.15) is 0 Å². The van der Waals surface area contributed by atoms with Gasteiger partial charge in [0.15, 0.2) is 0 Å². The summed E-state index contributed by atoms with van der Waals surface area (Å²) in [4.78, 5) is 0. The second-order valence-corrected chi connectivity index (χ2v) is 5.05. The van der Waals surface area contributed by atoms with E-state index in [2.05, 4.69) is 41.9 Å². The first-order chi connectivity index (χ1) is 7.13. The minimum Gasteiger partial charge on any atom is -0.483 e. The molecule has 1 aliphatic heterocycles. The zero-order chi connectivity index (χ0) is 10.9. The maximum absolute atomic E-state index is 6.00. The molecule has 1 aromatic carbocycles. The van der Waals surface area contributed by atoms with Crippen LogP contribution in [-0.4, -0.2) is 10.9 Å². The van der Waals surface area contributed by atoms with Crippen molar-refractivity contribution in [1.82, 2.24) is 0 Å². The van der Waals surface area contributed by atoms with E-state index in [4.69, 9.17) is 4.74 Å². The summed E-state index contributed by atoms with van der Waals surface area (Å²) in [6.45, 7) is 4.24. The molecular weight excluding hydrogens is 252 g/mol. The average molecular weight is 267 g/mol. The second kappa shape index (κ2) is 4.01. The largest absolute Gasteiger partial charge is 0.483 e. The highest BCUT2D eigenvalue weighted by molar-refractivity contribution is 9.09. The third kappa shape index (κ3) is 2.10. The average Bonchev–Trinajstić information content (AvgIpc) is 2.18. The second-order valence-electron chi connectivity index (χ2n) is 4.26. The summed E-state index contributed by atoms with van der Waals surface area (Å²) in [6, 6.07) is 8.18. The van der Waals surface area contributed by atoms with Gasteiger partial charge in [-0.1, -0.05) is 34.1 Å². The molecule has 1 nitrogen and oxygen atoms in total. The molecule has 0 bridgehead atoms. The fraction of sp³-hybridized carbons (Fsp3) is 0.385. The van der Waals surface area contributed by atoms with E-state index in [9.17, 15) is 0 Å². The van der Waals surface area contributed by atoms with Crippen LogP contribution in [-0.2, 0) is 0 Å². The van der Waals surface area contributed by atoms with E-state index in [0.29, 0.717) is 0 Å². The maximum atomic E-state index is 6.00. The predicted molar refractivity (Wildman–Crippen MR) is 67.5 cm³/mol. The predicted octanol–water partition coefficient (Wildman–Crippen LogP) is 4.03. The van der Waals surface area contributed by atoms with Crippen LogP contribution >= 0.6 is 15.9 Å². The monoisotopic (exact) mass is 266 g/mol. The first-order valence-electron chi connectivity index (χ1n) is 5.18. The van der Waals surface area contributed by atoms with Crippen LogP contribution in [0.5, 0.6) is 5.75 Å². The van der Waals surface area contributed by atoms with Gasteiger partial charge in [-0.15, -0.1) is 0 Å². The molecule has 0 saturated carbocycles. The summed E-state index contributed by atoms with van der Waals surface area (Å²) in [5, 5.41) is 0.980. The van der Waals surface area contributed by atoms with Gasteiger partial charge in [0.25, 0.3) is 0 Å². The van der Waals surface area contributed by atoms with Gasteiger partial charge < -0.3 is 4.74 Å². The van der Waals surface area contributed by atoms with E-state index in [0.717, 1.165) is 17.5 Å². The van der Waals surface area contributed by atoms with Gasteiger partial charge in [0, 0.05) is 10.9 Å². The molecule has 0 saturated heterocycles. The molecule has 0 amide bonds. The van der Waals surface area contributed by atoms with Crippen molar-refractivity contribution >= 4 is 22.0 Å². The summed E-state index contributed by atoms with van der Waals surface area (Å²) < 4.78 is 6.00. The summed E-state index contributed by atoms with van der Waals surface area (Å²) in [7, 11) is 0. The lowest BCUT2D eigenvalue weighted by Gasteiger charge is -2.33. The number of hydrogen-bond donors (Lipinski definition) is 0. The molecule has 15 heavy (non-hydrogen) atoms. The zero-order valence-electron chi connectivity index (χ0n) is 9.09. The smallest absolute Gasteiger partial charge is 0.127 e. The molecule has 2 heteroatoms. The van der Waals surface area contributed by atoms with Crippen LogP contribution in [0.1, 0.15) is 25.8 Å². The number of hydrogen-bond acceptors (Lipinski definition) is 1. The van der Waals surface area contributed by atoms with Crippen LogP contribution in [0, 0.1) is 0 Å². The van der Waals surface area contributed by atoms with Crippen LogP contribution < -0.4 is 4.74 Å². The lowest BCUT2D eigenvalue weighted by Crippen LogP contribution is -2.33. The molecule has 1 aliphatic rings. The molecule has 0 radical (unpaired) electrons. The van der Waals surface area contributed by atoms with Gasteiger partial charge >= 0.3 is 0 Å². The van der Waals surface area contributed by atoms with E-state index in [1.165, 1.54) is 11.1 Å². The Morgan fingerprint density at radius 3 is 2.73 bits per heavy atom. The van der Waals surface area contributed by atoms with Crippen LogP contribution in [0.25, 0.3) is 6.08 Å². The van der Waals surface area contributed by atoms with E-state index in [1.54, 1.807) is 0 Å². The zero-order valence-corrected chi connectivity index (χ0v) is 10.7. The standard InChI is InChI=1S/C13H15BrO/c1-13(2)11(7-8-14)9-10-5-3-4-6-12(10)15-13/h3-6,9H,7-8H2,1-2H3. The number of benzene rings is 1. The number of para-hydroxylation sites is 1. The van der Waals surface area contributed by atoms with Crippen LogP contribution in [0.2, 0.25) is 0 Å². The summed E-state index contributed by atoms with van der Waals surface area (Å²) in [6.07, 6.45) is 3.28. The Morgan fingerprint density at radius 1 is 1.27 bits per heavy atom. The van der Waals surface area contributed by atoms with E-state index in [-0.39, 0.29) is 5.60 Å². The van der Waals surface area contributed by atoms with Crippen molar-refractivity contribution in [2.75, 3.05) is 5.33 Å². The van der Waals surface area contributed by atoms with Gasteiger partial charge in [-0.05, 0) is 38.0 Å². The fourth-order valence-electron chi connectivity index (χ4n) is 1.87. The van der Waals surface area contributed by atoms with Crippen molar-refractivity contribution in [2.24, 2.45) is 0 Å². The van der Waals surface area contributed by atoms with Crippen molar-refractivity contribution < 1.29 is 4.74 Å². The van der Waals surface area contributed by atoms with E-state index < -0.39 is 0 Å². The Kier molecular flexibility index (Phi) is 2.87. The summed E-state index contributed by atoms with van der Waals surface area (Å²) in [5.74, 6) is 0.987. The van der Waals surface area contributed by atoms with Crippen LogP contribution in [0.3, 0.4) is 0 Å². The van der Waals surface area contributed by atoms with Crippen molar-refractivity contribution in [3.05, 3.63) is 35.4 Å². The van der Waals surface area contributed by atoms with Crippen molar-refractivity contribution in [1.29, 1.82) is 0 Å². The Morgan fingerprint density at radius 2 is 2.00 bits per heavy atom. The number of halogens is 1. The maximum Gasteiger partial charge on any atom is 0.127 e. The molecule has 0 fully saturated rings. The minimum absolute atomic E-state index is 0.178. The lowest BCUT2D eigenvalue weighted by molar-refractivity contribution is 0.142. The third-order valence-electron chi connectivity index (χ3n) is 2.75. The van der Waals surface area contributed by atoms with Gasteiger partial charge in [0.05, 0.1) is 0 Å². The van der Waals surface area contributed by atoms with E-state index in [1.807, 2.05) is 18.2 Å². The SMILES string of the molecule is CC1(C)Oc2ccccc2C=C1CCBr. The highest BCUT2D eigenvalue weighted by Gasteiger charge is 2.29. The quantitative estimate of drug-likeness (QED) is 0.735. The molecule has 80 valence electrons. The number of ether oxygens (including phenoxy) is 1. The molecule has 0 unspecified atom stereocenters. The van der Waals surface area contributed by atoms with Crippen molar-refractivity contribution in [2.45, 2.75) is 25.9 Å². The molecule has 2 rings (SSSR count). The molecular formula is C13H15BrO. The fourth-order valence-corrected chi connectivity index (χ4v) is 2.30. The molecule has 0 atom stereocenters. The lowest BCUT2D eigenvalue weighted by atomic mass is 9.90. The summed E-state index contributed by atoms with van der Waals surface area (Å²) >= 11 is 3.48. The van der Waals surface area contributed by atoms with Gasteiger partial charge in [-0.3, -0.25) is 0 Å². The van der Waals surface area contributed by atoms with Gasteiger partial charge in [-0.25, -0.2) is 0 Å². The highest BCUT2D eigenvalue weighted by atomic mass is 79.9. The van der Waals surface area contributed by atoms with Crippen LogP contribution in [0.15, 0.2) is 29.8 Å². The molecule has 0 aromatic heterocycles. The number of rotatable bonds is 2.